The van der Waals surface area contributed by atoms with Crippen molar-refractivity contribution in [1.29, 1.82) is 0 Å². The molecule has 2 rings (SSSR count). The third kappa shape index (κ3) is 2.56. The van der Waals surface area contributed by atoms with Gasteiger partial charge in [0.25, 0.3) is 5.91 Å². The number of carbonyl (C=O) groups is 2. The Bertz CT molecular complexity index is 489. The lowest BCUT2D eigenvalue weighted by Crippen LogP contribution is -2.40. The molecular formula is C12H12ClNO4. The number of hydrogen-bond acceptors (Lipinski definition) is 4. The van der Waals surface area contributed by atoms with Crippen LogP contribution in [0.4, 0.5) is 0 Å². The van der Waals surface area contributed by atoms with Crippen molar-refractivity contribution in [2.24, 2.45) is 0 Å². The van der Waals surface area contributed by atoms with Crippen molar-refractivity contribution in [3.63, 3.8) is 0 Å². The second-order valence-corrected chi connectivity index (χ2v) is 4.20. The quantitative estimate of drug-likeness (QED) is 0.784. The van der Waals surface area contributed by atoms with Crippen molar-refractivity contribution in [2.75, 3.05) is 19.9 Å². The smallest absolute Gasteiger partial charge is 0.302 e. The SMILES string of the molecule is CC(=O)OCCN1COc2cccc(Cl)c2C1=O. The standard InChI is InChI=1S/C12H12ClNO4/c1-8(15)17-6-5-14-7-18-10-4-2-3-9(13)11(10)12(14)16/h2-4H,5-7H2,1H3. The Hall–Kier alpha value is -1.75. The van der Waals surface area contributed by atoms with Crippen molar-refractivity contribution in [2.45, 2.75) is 6.92 Å². The largest absolute Gasteiger partial charge is 0.472 e. The van der Waals surface area contributed by atoms with E-state index in [-0.39, 0.29) is 31.8 Å². The topological polar surface area (TPSA) is 55.8 Å². The molecule has 0 saturated carbocycles. The molecule has 1 amide bonds. The van der Waals surface area contributed by atoms with Crippen LogP contribution in [0.15, 0.2) is 18.2 Å². The van der Waals surface area contributed by atoms with E-state index in [0.717, 1.165) is 0 Å². The normalized spacial score (nSPS) is 13.9. The van der Waals surface area contributed by atoms with Crippen LogP contribution < -0.4 is 4.74 Å². The fourth-order valence-corrected chi connectivity index (χ4v) is 1.91. The Labute approximate surface area is 109 Å². The van der Waals surface area contributed by atoms with E-state index in [9.17, 15) is 9.59 Å². The molecule has 0 radical (unpaired) electrons. The monoisotopic (exact) mass is 269 g/mol. The summed E-state index contributed by atoms with van der Waals surface area (Å²) in [7, 11) is 0. The molecule has 5 nitrogen and oxygen atoms in total. The minimum absolute atomic E-state index is 0.132. The van der Waals surface area contributed by atoms with Crippen LogP contribution >= 0.6 is 11.6 Å². The van der Waals surface area contributed by atoms with Gasteiger partial charge in [0.15, 0.2) is 6.73 Å². The third-order valence-corrected chi connectivity index (χ3v) is 2.83. The summed E-state index contributed by atoms with van der Waals surface area (Å²) in [6, 6.07) is 5.06. The molecule has 0 bridgehead atoms. The van der Waals surface area contributed by atoms with Gasteiger partial charge in [-0.25, -0.2) is 0 Å². The highest BCUT2D eigenvalue weighted by atomic mass is 35.5. The van der Waals surface area contributed by atoms with Crippen LogP contribution in [-0.4, -0.2) is 36.7 Å². The summed E-state index contributed by atoms with van der Waals surface area (Å²) in [5.74, 6) is -0.107. The molecule has 0 atom stereocenters. The number of fused-ring (bicyclic) bond motifs is 1. The first-order chi connectivity index (χ1) is 8.59. The second kappa shape index (κ2) is 5.27. The fourth-order valence-electron chi connectivity index (χ4n) is 1.66. The molecule has 6 heteroatoms. The van der Waals surface area contributed by atoms with Gasteiger partial charge < -0.3 is 14.4 Å². The number of nitrogens with zero attached hydrogens (tertiary/aromatic N) is 1. The molecule has 1 aromatic rings. The zero-order chi connectivity index (χ0) is 13.1. The summed E-state index contributed by atoms with van der Waals surface area (Å²) in [5.41, 5.74) is 0.355. The van der Waals surface area contributed by atoms with Crippen LogP contribution in [-0.2, 0) is 9.53 Å². The predicted octanol–water partition coefficient (Wildman–Crippen LogP) is 1.70. The lowest BCUT2D eigenvalue weighted by Gasteiger charge is -2.28. The van der Waals surface area contributed by atoms with Gasteiger partial charge in [-0.05, 0) is 12.1 Å². The van der Waals surface area contributed by atoms with Crippen LogP contribution in [0.2, 0.25) is 5.02 Å². The molecule has 0 aromatic heterocycles. The molecular weight excluding hydrogens is 258 g/mol. The Morgan fingerprint density at radius 2 is 2.33 bits per heavy atom. The molecule has 0 unspecified atom stereocenters. The van der Waals surface area contributed by atoms with E-state index >= 15 is 0 Å². The number of halogens is 1. The minimum Gasteiger partial charge on any atom is -0.472 e. The predicted molar refractivity (Wildman–Crippen MR) is 64.6 cm³/mol. The Kier molecular flexibility index (Phi) is 3.72. The van der Waals surface area contributed by atoms with E-state index in [2.05, 4.69) is 0 Å². The van der Waals surface area contributed by atoms with E-state index in [0.29, 0.717) is 16.3 Å². The number of esters is 1. The molecule has 0 spiro atoms. The molecule has 1 aliphatic rings. The van der Waals surface area contributed by atoms with Crippen molar-refractivity contribution in [1.82, 2.24) is 4.90 Å². The van der Waals surface area contributed by atoms with Crippen LogP contribution in [0.25, 0.3) is 0 Å². The Balaban J connectivity index is 2.08. The van der Waals surface area contributed by atoms with E-state index < -0.39 is 0 Å². The van der Waals surface area contributed by atoms with Crippen LogP contribution in [0, 0.1) is 0 Å². The summed E-state index contributed by atoms with van der Waals surface area (Å²) < 4.78 is 10.2. The van der Waals surface area contributed by atoms with Gasteiger partial charge >= 0.3 is 5.97 Å². The average molecular weight is 270 g/mol. The Morgan fingerprint density at radius 1 is 1.56 bits per heavy atom. The van der Waals surface area contributed by atoms with E-state index in [1.807, 2.05) is 0 Å². The lowest BCUT2D eigenvalue weighted by molar-refractivity contribution is -0.141. The number of benzene rings is 1. The van der Waals surface area contributed by atoms with Crippen LogP contribution in [0.1, 0.15) is 17.3 Å². The van der Waals surface area contributed by atoms with Gasteiger partial charge in [-0.1, -0.05) is 17.7 Å². The van der Waals surface area contributed by atoms with Gasteiger partial charge in [-0.15, -0.1) is 0 Å². The van der Waals surface area contributed by atoms with Gasteiger partial charge in [0.1, 0.15) is 17.9 Å². The summed E-state index contributed by atoms with van der Waals surface area (Å²) in [5, 5.41) is 0.356. The molecule has 0 saturated heterocycles. The number of carbonyl (C=O) groups excluding carboxylic acids is 2. The molecule has 1 aliphatic heterocycles. The summed E-state index contributed by atoms with van der Waals surface area (Å²) in [4.78, 5) is 24.2. The van der Waals surface area contributed by atoms with Crippen LogP contribution in [0.5, 0.6) is 5.75 Å². The fraction of sp³-hybridized carbons (Fsp3) is 0.333. The number of amides is 1. The molecule has 0 aliphatic carbocycles. The van der Waals surface area contributed by atoms with Gasteiger partial charge in [0.05, 0.1) is 11.6 Å². The minimum atomic E-state index is -0.376. The molecule has 0 fully saturated rings. The molecule has 18 heavy (non-hydrogen) atoms. The maximum Gasteiger partial charge on any atom is 0.302 e. The van der Waals surface area contributed by atoms with Crippen molar-refractivity contribution in [3.8, 4) is 5.75 Å². The molecule has 0 N–H and O–H groups in total. The molecule has 1 aromatic carbocycles. The molecule has 1 heterocycles. The highest BCUT2D eigenvalue weighted by Gasteiger charge is 2.27. The molecule has 96 valence electrons. The van der Waals surface area contributed by atoms with Gasteiger partial charge in [-0.2, -0.15) is 0 Å². The first kappa shape index (κ1) is 12.7. The number of rotatable bonds is 3. The van der Waals surface area contributed by atoms with Gasteiger partial charge in [0, 0.05) is 6.92 Å². The van der Waals surface area contributed by atoms with Crippen molar-refractivity contribution >= 4 is 23.5 Å². The summed E-state index contributed by atoms with van der Waals surface area (Å²) >= 11 is 5.97. The zero-order valence-corrected chi connectivity index (χ0v) is 10.6. The summed E-state index contributed by atoms with van der Waals surface area (Å²) in [6.07, 6.45) is 0. The third-order valence-electron chi connectivity index (χ3n) is 2.52. The van der Waals surface area contributed by atoms with E-state index in [1.165, 1.54) is 11.8 Å². The average Bonchev–Trinajstić information content (AvgIpc) is 2.32. The first-order valence-corrected chi connectivity index (χ1v) is 5.81. The first-order valence-electron chi connectivity index (χ1n) is 5.43. The highest BCUT2D eigenvalue weighted by Crippen LogP contribution is 2.30. The maximum atomic E-state index is 12.1. The number of ether oxygens (including phenoxy) is 2. The maximum absolute atomic E-state index is 12.1. The van der Waals surface area contributed by atoms with E-state index in [1.54, 1.807) is 18.2 Å². The van der Waals surface area contributed by atoms with E-state index in [4.69, 9.17) is 21.1 Å². The zero-order valence-electron chi connectivity index (χ0n) is 9.81. The van der Waals surface area contributed by atoms with Crippen molar-refractivity contribution < 1.29 is 19.1 Å². The van der Waals surface area contributed by atoms with Crippen LogP contribution in [0.3, 0.4) is 0 Å². The van der Waals surface area contributed by atoms with Gasteiger partial charge in [0.2, 0.25) is 0 Å². The lowest BCUT2D eigenvalue weighted by atomic mass is 10.1. The number of hydrogen-bond donors (Lipinski definition) is 0. The van der Waals surface area contributed by atoms with Crippen molar-refractivity contribution in [3.05, 3.63) is 28.8 Å². The highest BCUT2D eigenvalue weighted by molar-refractivity contribution is 6.34. The van der Waals surface area contributed by atoms with Gasteiger partial charge in [-0.3, -0.25) is 9.59 Å². The summed E-state index contributed by atoms with van der Waals surface area (Å²) in [6.45, 7) is 1.88. The Morgan fingerprint density at radius 3 is 3.06 bits per heavy atom. The second-order valence-electron chi connectivity index (χ2n) is 3.80.